The molecule has 1 aromatic heterocycles. The molecule has 3 aromatic rings. The number of rotatable bonds is 7. The van der Waals surface area contributed by atoms with Crippen LogP contribution in [0.15, 0.2) is 58.0 Å². The van der Waals surface area contributed by atoms with Crippen LogP contribution in [0.25, 0.3) is 0 Å². The van der Waals surface area contributed by atoms with Crippen LogP contribution in [0.2, 0.25) is 0 Å². The Morgan fingerprint density at radius 1 is 1.20 bits per heavy atom. The van der Waals surface area contributed by atoms with E-state index in [1.807, 2.05) is 0 Å². The molecule has 8 nitrogen and oxygen atoms in total. The second kappa shape index (κ2) is 9.42. The number of hydrogen-bond acceptors (Lipinski definition) is 6. The van der Waals surface area contributed by atoms with Crippen LogP contribution >= 0.6 is 15.9 Å². The highest BCUT2D eigenvalue weighted by molar-refractivity contribution is 9.10. The zero-order chi connectivity index (χ0) is 25.5. The summed E-state index contributed by atoms with van der Waals surface area (Å²) in [7, 11) is -3.99. The van der Waals surface area contributed by atoms with Gasteiger partial charge >= 0.3 is 0 Å². The van der Waals surface area contributed by atoms with Gasteiger partial charge in [-0.15, -0.1) is 0 Å². The van der Waals surface area contributed by atoms with Gasteiger partial charge in [-0.25, -0.2) is 17.2 Å². The molecule has 1 fully saturated rings. The SMILES string of the molecule is CS(=O)(=O)c1cc(F)ccc1N(Cc1cc(F)c(Br)c([N+](=O)[O-])c1)C(=O)c1ccc(C2CC2)nc1. The van der Waals surface area contributed by atoms with Gasteiger partial charge in [0.15, 0.2) is 9.84 Å². The molecule has 35 heavy (non-hydrogen) atoms. The fourth-order valence-electron chi connectivity index (χ4n) is 3.62. The summed E-state index contributed by atoms with van der Waals surface area (Å²) < 4.78 is 52.8. The molecule has 0 aliphatic heterocycles. The zero-order valence-electron chi connectivity index (χ0n) is 18.2. The summed E-state index contributed by atoms with van der Waals surface area (Å²) in [5.74, 6) is -2.11. The van der Waals surface area contributed by atoms with Gasteiger partial charge in [-0.2, -0.15) is 0 Å². The predicted octanol–water partition coefficient (Wildman–Crippen LogP) is 5.16. The molecule has 1 aliphatic carbocycles. The van der Waals surface area contributed by atoms with E-state index in [1.165, 1.54) is 6.20 Å². The van der Waals surface area contributed by atoms with E-state index < -0.39 is 49.4 Å². The highest BCUT2D eigenvalue weighted by Crippen LogP contribution is 2.39. The lowest BCUT2D eigenvalue weighted by Gasteiger charge is -2.25. The van der Waals surface area contributed by atoms with Crippen molar-refractivity contribution in [2.24, 2.45) is 0 Å². The largest absolute Gasteiger partial charge is 0.303 e. The summed E-state index contributed by atoms with van der Waals surface area (Å²) in [5.41, 5.74) is 0.251. The van der Waals surface area contributed by atoms with Crippen molar-refractivity contribution in [1.29, 1.82) is 0 Å². The van der Waals surface area contributed by atoms with Gasteiger partial charge in [0, 0.05) is 30.1 Å². The van der Waals surface area contributed by atoms with Crippen molar-refractivity contribution in [2.75, 3.05) is 11.2 Å². The molecule has 0 bridgehead atoms. The number of carbonyl (C=O) groups is 1. The Morgan fingerprint density at radius 3 is 2.49 bits per heavy atom. The predicted molar refractivity (Wildman–Crippen MR) is 127 cm³/mol. The average Bonchev–Trinajstić information content (AvgIpc) is 3.64. The van der Waals surface area contributed by atoms with Gasteiger partial charge in [0.25, 0.3) is 11.6 Å². The summed E-state index contributed by atoms with van der Waals surface area (Å²) in [5, 5.41) is 11.4. The fraction of sp³-hybridized carbons (Fsp3) is 0.217. The van der Waals surface area contributed by atoms with Gasteiger partial charge in [0.05, 0.1) is 27.6 Å². The van der Waals surface area contributed by atoms with Gasteiger partial charge < -0.3 is 4.90 Å². The van der Waals surface area contributed by atoms with Crippen LogP contribution in [0, 0.1) is 21.7 Å². The van der Waals surface area contributed by atoms with Crippen molar-refractivity contribution in [3.63, 3.8) is 0 Å². The molecule has 182 valence electrons. The first kappa shape index (κ1) is 24.9. The number of nitro groups is 1. The molecule has 1 saturated carbocycles. The Morgan fingerprint density at radius 2 is 1.91 bits per heavy atom. The van der Waals surface area contributed by atoms with E-state index in [2.05, 4.69) is 20.9 Å². The Labute approximate surface area is 207 Å². The van der Waals surface area contributed by atoms with E-state index in [0.29, 0.717) is 5.92 Å². The number of benzene rings is 2. The minimum Gasteiger partial charge on any atom is -0.303 e. The van der Waals surface area contributed by atoms with Crippen molar-refractivity contribution in [1.82, 2.24) is 4.98 Å². The van der Waals surface area contributed by atoms with E-state index in [-0.39, 0.29) is 21.3 Å². The molecule has 4 rings (SSSR count). The number of aromatic nitrogens is 1. The summed E-state index contributed by atoms with van der Waals surface area (Å²) in [6.45, 7) is -0.428. The lowest BCUT2D eigenvalue weighted by Crippen LogP contribution is -2.32. The second-order valence-corrected chi connectivity index (χ2v) is 11.0. The maximum atomic E-state index is 14.4. The Balaban J connectivity index is 1.83. The van der Waals surface area contributed by atoms with E-state index in [4.69, 9.17) is 0 Å². The van der Waals surface area contributed by atoms with Crippen LogP contribution in [0.1, 0.15) is 40.4 Å². The molecule has 0 radical (unpaired) electrons. The topological polar surface area (TPSA) is 110 Å². The smallest absolute Gasteiger partial charge is 0.286 e. The number of sulfone groups is 1. The van der Waals surface area contributed by atoms with Gasteiger partial charge in [-0.1, -0.05) is 0 Å². The highest BCUT2D eigenvalue weighted by atomic mass is 79.9. The lowest BCUT2D eigenvalue weighted by molar-refractivity contribution is -0.385. The van der Waals surface area contributed by atoms with E-state index >= 15 is 0 Å². The normalized spacial score (nSPS) is 13.5. The maximum Gasteiger partial charge on any atom is 0.286 e. The molecule has 0 spiro atoms. The first-order valence-corrected chi connectivity index (χ1v) is 13.0. The Hall–Kier alpha value is -3.25. The number of hydrogen-bond donors (Lipinski definition) is 0. The number of nitrogens with zero attached hydrogens (tertiary/aromatic N) is 3. The number of nitro benzene ring substituents is 1. The monoisotopic (exact) mass is 565 g/mol. The number of carbonyl (C=O) groups excluding carboxylic acids is 1. The third-order valence-corrected chi connectivity index (χ3v) is 7.40. The number of amides is 1. The molecule has 0 N–H and O–H groups in total. The Kier molecular flexibility index (Phi) is 6.69. The average molecular weight is 566 g/mol. The highest BCUT2D eigenvalue weighted by Gasteiger charge is 2.28. The first-order chi connectivity index (χ1) is 16.5. The molecule has 0 saturated heterocycles. The molecule has 1 aliphatic rings. The van der Waals surface area contributed by atoms with Gasteiger partial charge in [0.2, 0.25) is 0 Å². The van der Waals surface area contributed by atoms with Gasteiger partial charge in [0.1, 0.15) is 16.1 Å². The van der Waals surface area contributed by atoms with E-state index in [9.17, 15) is 32.1 Å². The summed E-state index contributed by atoms with van der Waals surface area (Å²) in [4.78, 5) is 29.0. The molecule has 12 heteroatoms. The standard InChI is InChI=1S/C23H18BrF2N3O5S/c1-35(33,34)21-10-16(25)5-7-19(21)28(12-13-8-17(26)22(24)20(9-13)29(31)32)23(30)15-4-6-18(27-11-15)14-2-3-14/h4-11,14H,2-3,12H2,1H3. The molecule has 0 unspecified atom stereocenters. The van der Waals surface area contributed by atoms with Crippen LogP contribution in [-0.2, 0) is 16.4 Å². The van der Waals surface area contributed by atoms with Crippen molar-refractivity contribution in [2.45, 2.75) is 30.2 Å². The minimum absolute atomic E-state index is 0.0251. The summed E-state index contributed by atoms with van der Waals surface area (Å²) in [6.07, 6.45) is 4.24. The third-order valence-electron chi connectivity index (χ3n) is 5.49. The molecule has 0 atom stereocenters. The number of pyridine rings is 1. The van der Waals surface area contributed by atoms with Gasteiger partial charge in [-0.05, 0) is 70.7 Å². The molecule has 1 heterocycles. The molecular weight excluding hydrogens is 548 g/mol. The van der Waals surface area contributed by atoms with Gasteiger partial charge in [-0.3, -0.25) is 19.9 Å². The van der Waals surface area contributed by atoms with Crippen LogP contribution in [-0.4, -0.2) is 30.5 Å². The number of anilines is 1. The maximum absolute atomic E-state index is 14.4. The van der Waals surface area contributed by atoms with Crippen molar-refractivity contribution in [3.8, 4) is 0 Å². The van der Waals surface area contributed by atoms with Crippen LogP contribution < -0.4 is 4.90 Å². The summed E-state index contributed by atoms with van der Waals surface area (Å²) in [6, 6.07) is 8.22. The Bertz CT molecular complexity index is 1440. The zero-order valence-corrected chi connectivity index (χ0v) is 20.6. The second-order valence-electron chi connectivity index (χ2n) is 8.19. The number of halogens is 3. The van der Waals surface area contributed by atoms with Crippen molar-refractivity contribution in [3.05, 3.63) is 91.7 Å². The van der Waals surface area contributed by atoms with E-state index in [1.54, 1.807) is 12.1 Å². The quantitative estimate of drug-likeness (QED) is 0.289. The van der Waals surface area contributed by atoms with Crippen LogP contribution in [0.3, 0.4) is 0 Å². The van der Waals surface area contributed by atoms with Crippen molar-refractivity contribution < 1.29 is 26.9 Å². The molecule has 1 amide bonds. The summed E-state index contributed by atoms with van der Waals surface area (Å²) >= 11 is 2.83. The van der Waals surface area contributed by atoms with Crippen LogP contribution in [0.5, 0.6) is 0 Å². The third kappa shape index (κ3) is 5.38. The lowest BCUT2D eigenvalue weighted by atomic mass is 10.1. The van der Waals surface area contributed by atoms with Crippen molar-refractivity contribution >= 4 is 43.0 Å². The molecule has 2 aromatic carbocycles. The van der Waals surface area contributed by atoms with E-state index in [0.717, 1.165) is 60.0 Å². The fourth-order valence-corrected chi connectivity index (χ4v) is 4.88. The van der Waals surface area contributed by atoms with Crippen LogP contribution in [0.4, 0.5) is 20.2 Å². The molecular formula is C23H18BrF2N3O5S. The first-order valence-electron chi connectivity index (χ1n) is 10.4. The minimum atomic E-state index is -3.99.